The SMILES string of the molecule is Brc1c(-c2cccc3ccccc23)sc2ccc(-c3ccc4c(c3)c3ccccc3n4-c3ccc(-c4ccccc4)cc3)cc12. The maximum atomic E-state index is 4.01. The fourth-order valence-electron chi connectivity index (χ4n) is 6.71. The van der Waals surface area contributed by atoms with Gasteiger partial charge in [0.25, 0.3) is 0 Å². The van der Waals surface area contributed by atoms with E-state index in [0.29, 0.717) is 0 Å². The largest absolute Gasteiger partial charge is 0.309 e. The van der Waals surface area contributed by atoms with E-state index in [9.17, 15) is 0 Å². The summed E-state index contributed by atoms with van der Waals surface area (Å²) in [6.07, 6.45) is 0. The van der Waals surface area contributed by atoms with Crippen LogP contribution in [0.5, 0.6) is 0 Å². The summed E-state index contributed by atoms with van der Waals surface area (Å²) in [6.45, 7) is 0. The smallest absolute Gasteiger partial charge is 0.0541 e. The molecule has 1 nitrogen and oxygen atoms in total. The Morgan fingerprint density at radius 2 is 1.07 bits per heavy atom. The van der Waals surface area contributed by atoms with Crippen molar-refractivity contribution < 1.29 is 0 Å². The molecule has 0 bridgehead atoms. The van der Waals surface area contributed by atoms with Crippen molar-refractivity contribution in [2.24, 2.45) is 0 Å². The highest BCUT2D eigenvalue weighted by atomic mass is 79.9. The zero-order valence-electron chi connectivity index (χ0n) is 24.2. The molecular formula is C42H26BrNS. The van der Waals surface area contributed by atoms with Crippen LogP contribution in [0.2, 0.25) is 0 Å². The topological polar surface area (TPSA) is 4.93 Å². The second kappa shape index (κ2) is 10.6. The molecule has 0 fully saturated rings. The molecule has 3 heteroatoms. The summed E-state index contributed by atoms with van der Waals surface area (Å²) in [5.74, 6) is 0. The summed E-state index contributed by atoms with van der Waals surface area (Å²) < 4.78 is 4.83. The van der Waals surface area contributed by atoms with Crippen molar-refractivity contribution in [3.05, 3.63) is 162 Å². The van der Waals surface area contributed by atoms with Crippen molar-refractivity contribution >= 4 is 69.9 Å². The van der Waals surface area contributed by atoms with Gasteiger partial charge in [-0.3, -0.25) is 0 Å². The average Bonchev–Trinajstić information content (AvgIpc) is 3.62. The lowest BCUT2D eigenvalue weighted by molar-refractivity contribution is 1.18. The summed E-state index contributed by atoms with van der Waals surface area (Å²) in [4.78, 5) is 1.27. The molecule has 0 aliphatic carbocycles. The Kier molecular flexibility index (Phi) is 6.22. The van der Waals surface area contributed by atoms with Crippen molar-refractivity contribution in [2.75, 3.05) is 0 Å². The summed E-state index contributed by atoms with van der Waals surface area (Å²) in [5.41, 5.74) is 9.76. The van der Waals surface area contributed by atoms with Gasteiger partial charge in [-0.2, -0.15) is 0 Å². The normalized spacial score (nSPS) is 11.7. The van der Waals surface area contributed by atoms with Gasteiger partial charge in [0.1, 0.15) is 0 Å². The van der Waals surface area contributed by atoms with E-state index in [1.807, 2.05) is 11.3 Å². The molecule has 9 aromatic rings. The van der Waals surface area contributed by atoms with Crippen LogP contribution in [0.3, 0.4) is 0 Å². The average molecular weight is 657 g/mol. The van der Waals surface area contributed by atoms with Crippen LogP contribution in [0.25, 0.3) is 81.0 Å². The fourth-order valence-corrected chi connectivity index (χ4v) is 8.74. The van der Waals surface area contributed by atoms with Crippen LogP contribution >= 0.6 is 27.3 Å². The third-order valence-electron chi connectivity index (χ3n) is 8.90. The van der Waals surface area contributed by atoms with Crippen LogP contribution in [0.15, 0.2) is 162 Å². The highest BCUT2D eigenvalue weighted by Crippen LogP contribution is 2.46. The summed E-state index contributed by atoms with van der Waals surface area (Å²) in [5, 5.41) is 6.32. The molecule has 0 amide bonds. The number of thiophene rings is 1. The minimum absolute atomic E-state index is 1.16. The number of aromatic nitrogens is 1. The maximum absolute atomic E-state index is 4.01. The van der Waals surface area contributed by atoms with Gasteiger partial charge in [-0.1, -0.05) is 115 Å². The first-order valence-electron chi connectivity index (χ1n) is 15.1. The van der Waals surface area contributed by atoms with E-state index in [-0.39, 0.29) is 0 Å². The Morgan fingerprint density at radius 1 is 0.444 bits per heavy atom. The molecule has 7 aromatic carbocycles. The van der Waals surface area contributed by atoms with E-state index >= 15 is 0 Å². The number of para-hydroxylation sites is 1. The summed E-state index contributed by atoms with van der Waals surface area (Å²) in [6, 6.07) is 57.2. The van der Waals surface area contributed by atoms with Crippen LogP contribution in [0.4, 0.5) is 0 Å². The molecule has 0 saturated heterocycles. The van der Waals surface area contributed by atoms with Gasteiger partial charge in [-0.15, -0.1) is 11.3 Å². The molecule has 9 rings (SSSR count). The van der Waals surface area contributed by atoms with Gasteiger partial charge < -0.3 is 4.57 Å². The number of halogens is 1. The maximum Gasteiger partial charge on any atom is 0.0541 e. The molecule has 0 N–H and O–H groups in total. The van der Waals surface area contributed by atoms with Gasteiger partial charge in [0, 0.05) is 36.6 Å². The third kappa shape index (κ3) is 4.34. The monoisotopic (exact) mass is 655 g/mol. The van der Waals surface area contributed by atoms with Crippen molar-refractivity contribution in [1.29, 1.82) is 0 Å². The van der Waals surface area contributed by atoms with Crippen LogP contribution in [-0.2, 0) is 0 Å². The van der Waals surface area contributed by atoms with Gasteiger partial charge in [0.2, 0.25) is 0 Å². The van der Waals surface area contributed by atoms with Gasteiger partial charge in [0.05, 0.1) is 15.9 Å². The molecule has 0 spiro atoms. The van der Waals surface area contributed by atoms with E-state index in [0.717, 1.165) is 4.47 Å². The number of hydrogen-bond donors (Lipinski definition) is 0. The summed E-state index contributed by atoms with van der Waals surface area (Å²) >= 11 is 5.86. The number of hydrogen-bond acceptors (Lipinski definition) is 1. The van der Waals surface area contributed by atoms with Crippen molar-refractivity contribution in [2.45, 2.75) is 0 Å². The standard InChI is InChI=1S/C42H26BrNS/c43-41-37-26-31(20-24-40(37)45-42(41)35-15-8-12-29-11-4-5-13-33(29)35)30-19-23-39-36(25-30)34-14-6-7-16-38(34)44(39)32-21-17-28(18-22-32)27-9-2-1-3-10-27/h1-26H. The van der Waals surface area contributed by atoms with E-state index in [2.05, 4.69) is 178 Å². The quantitative estimate of drug-likeness (QED) is 0.178. The molecule has 212 valence electrons. The third-order valence-corrected chi connectivity index (χ3v) is 11.2. The lowest BCUT2D eigenvalue weighted by Crippen LogP contribution is -1.93. The number of fused-ring (bicyclic) bond motifs is 5. The predicted molar refractivity (Wildman–Crippen MR) is 198 cm³/mol. The highest BCUT2D eigenvalue weighted by Gasteiger charge is 2.17. The first-order chi connectivity index (χ1) is 22.2. The van der Waals surface area contributed by atoms with Crippen LogP contribution in [0, 0.1) is 0 Å². The molecule has 0 saturated carbocycles. The fraction of sp³-hybridized carbons (Fsp3) is 0. The lowest BCUT2D eigenvalue weighted by Gasteiger charge is -2.10. The van der Waals surface area contributed by atoms with Crippen molar-refractivity contribution in [1.82, 2.24) is 4.57 Å². The lowest BCUT2D eigenvalue weighted by atomic mass is 10.0. The first-order valence-corrected chi connectivity index (χ1v) is 16.7. The van der Waals surface area contributed by atoms with Gasteiger partial charge in [-0.05, 0) is 91.4 Å². The number of nitrogens with zero attached hydrogens (tertiary/aromatic N) is 1. The molecular weight excluding hydrogens is 630 g/mol. The Bertz CT molecular complexity index is 2530. The number of benzene rings is 7. The Labute approximate surface area is 273 Å². The van der Waals surface area contributed by atoms with Gasteiger partial charge in [0.15, 0.2) is 0 Å². The molecule has 2 heterocycles. The van der Waals surface area contributed by atoms with E-state index in [4.69, 9.17) is 0 Å². The second-order valence-corrected chi connectivity index (χ2v) is 13.3. The van der Waals surface area contributed by atoms with Gasteiger partial charge >= 0.3 is 0 Å². The Morgan fingerprint density at radius 3 is 1.91 bits per heavy atom. The van der Waals surface area contributed by atoms with E-state index in [1.54, 1.807) is 0 Å². The Hall–Kier alpha value is -4.96. The first kappa shape index (κ1) is 26.4. The van der Waals surface area contributed by atoms with Gasteiger partial charge in [-0.25, -0.2) is 0 Å². The zero-order chi connectivity index (χ0) is 29.9. The molecule has 0 atom stereocenters. The predicted octanol–water partition coefficient (Wildman–Crippen LogP) is 12.9. The molecule has 0 aliphatic rings. The van der Waals surface area contributed by atoms with Crippen LogP contribution in [0.1, 0.15) is 0 Å². The van der Waals surface area contributed by atoms with Crippen LogP contribution in [-0.4, -0.2) is 4.57 Å². The summed E-state index contributed by atoms with van der Waals surface area (Å²) in [7, 11) is 0. The molecule has 0 aliphatic heterocycles. The van der Waals surface area contributed by atoms with Crippen molar-refractivity contribution in [3.8, 4) is 38.4 Å². The molecule has 2 aromatic heterocycles. The second-order valence-electron chi connectivity index (χ2n) is 11.5. The molecule has 0 unspecified atom stereocenters. The molecule has 45 heavy (non-hydrogen) atoms. The zero-order valence-corrected chi connectivity index (χ0v) is 26.6. The van der Waals surface area contributed by atoms with Crippen molar-refractivity contribution in [3.63, 3.8) is 0 Å². The Balaban J connectivity index is 1.16. The minimum Gasteiger partial charge on any atom is -0.309 e. The minimum atomic E-state index is 1.16. The van der Waals surface area contributed by atoms with E-state index in [1.165, 1.54) is 81.0 Å². The van der Waals surface area contributed by atoms with Crippen LogP contribution < -0.4 is 0 Å². The van der Waals surface area contributed by atoms with E-state index < -0.39 is 0 Å². The molecule has 0 radical (unpaired) electrons. The highest BCUT2D eigenvalue weighted by molar-refractivity contribution is 9.10. The number of rotatable bonds is 4.